The van der Waals surface area contributed by atoms with Crippen LogP contribution in [0.4, 0.5) is 20.4 Å². The van der Waals surface area contributed by atoms with Crippen LogP contribution < -0.4 is 15.8 Å². The van der Waals surface area contributed by atoms with Crippen molar-refractivity contribution in [2.45, 2.75) is 6.42 Å². The smallest absolute Gasteiger partial charge is 0.223 e. The van der Waals surface area contributed by atoms with E-state index in [2.05, 4.69) is 20.3 Å². The van der Waals surface area contributed by atoms with Crippen LogP contribution in [0.5, 0.6) is 11.5 Å². The van der Waals surface area contributed by atoms with Crippen molar-refractivity contribution in [2.24, 2.45) is 5.73 Å². The number of fused-ring (bicyclic) bond motifs is 1. The molecule has 1 amide bonds. The van der Waals surface area contributed by atoms with E-state index >= 15 is 0 Å². The molecule has 29 heavy (non-hydrogen) atoms. The molecule has 2 aromatic heterocycles. The van der Waals surface area contributed by atoms with Crippen LogP contribution in [0, 0.1) is 11.6 Å². The average Bonchev–Trinajstić information content (AvgIpc) is 3.06. The minimum atomic E-state index is -0.597. The number of anilines is 2. The van der Waals surface area contributed by atoms with Gasteiger partial charge in [0.2, 0.25) is 11.9 Å². The number of hydrogen-bond acceptors (Lipinski definition) is 5. The summed E-state index contributed by atoms with van der Waals surface area (Å²) in [7, 11) is 0. The van der Waals surface area contributed by atoms with Crippen LogP contribution in [0.2, 0.25) is 0 Å². The van der Waals surface area contributed by atoms with Gasteiger partial charge < -0.3 is 20.8 Å². The van der Waals surface area contributed by atoms with E-state index in [0.29, 0.717) is 28.2 Å². The predicted octanol–water partition coefficient (Wildman–Crippen LogP) is 3.80. The van der Waals surface area contributed by atoms with Crippen molar-refractivity contribution in [1.29, 1.82) is 0 Å². The standard InChI is InChI=1S/C20H15F2N5O2/c21-11-1-3-15(22)17(7-11)26-20-25-16-4-2-13(10-18(16)27-20)29-14-5-6-24-12(8-14)9-19(23)28/h1-8,10H,9H2,(H2,23,28)(H2,25,26,27). The van der Waals surface area contributed by atoms with Crippen molar-refractivity contribution in [1.82, 2.24) is 15.0 Å². The van der Waals surface area contributed by atoms with Crippen molar-refractivity contribution in [3.63, 3.8) is 0 Å². The van der Waals surface area contributed by atoms with Gasteiger partial charge >= 0.3 is 0 Å². The Morgan fingerprint density at radius 3 is 2.76 bits per heavy atom. The highest BCUT2D eigenvalue weighted by Gasteiger charge is 2.09. The molecule has 0 saturated carbocycles. The number of nitrogens with two attached hydrogens (primary N) is 1. The Hall–Kier alpha value is -4.01. The van der Waals surface area contributed by atoms with Gasteiger partial charge in [-0.1, -0.05) is 0 Å². The van der Waals surface area contributed by atoms with Gasteiger partial charge in [0.25, 0.3) is 0 Å². The molecule has 0 aliphatic carbocycles. The SMILES string of the molecule is NC(=O)Cc1cc(Oc2ccc3nc(Nc4cc(F)ccc4F)[nH]c3c2)ccn1. The van der Waals surface area contributed by atoms with E-state index in [1.807, 2.05) is 0 Å². The molecule has 0 atom stereocenters. The van der Waals surface area contributed by atoms with E-state index in [4.69, 9.17) is 10.5 Å². The largest absolute Gasteiger partial charge is 0.457 e. The highest BCUT2D eigenvalue weighted by molar-refractivity contribution is 5.80. The van der Waals surface area contributed by atoms with Crippen molar-refractivity contribution in [2.75, 3.05) is 5.32 Å². The zero-order valence-corrected chi connectivity index (χ0v) is 14.9. The minimum Gasteiger partial charge on any atom is -0.457 e. The summed E-state index contributed by atoms with van der Waals surface area (Å²) in [5.41, 5.74) is 6.90. The number of nitrogens with zero attached hydrogens (tertiary/aromatic N) is 2. The van der Waals surface area contributed by atoms with E-state index in [-0.39, 0.29) is 18.1 Å². The van der Waals surface area contributed by atoms with Gasteiger partial charge in [-0.2, -0.15) is 0 Å². The number of H-pyrrole nitrogens is 1. The lowest BCUT2D eigenvalue weighted by molar-refractivity contribution is -0.117. The number of amides is 1. The molecule has 0 radical (unpaired) electrons. The summed E-state index contributed by atoms with van der Waals surface area (Å²) in [4.78, 5) is 22.4. The number of aromatic nitrogens is 3. The maximum atomic E-state index is 13.8. The van der Waals surface area contributed by atoms with Gasteiger partial charge in [-0.05, 0) is 30.3 Å². The van der Waals surface area contributed by atoms with E-state index in [0.717, 1.165) is 18.2 Å². The molecule has 0 bridgehead atoms. The van der Waals surface area contributed by atoms with Crippen LogP contribution in [0.1, 0.15) is 5.69 Å². The molecule has 7 nitrogen and oxygen atoms in total. The number of hydrogen-bond donors (Lipinski definition) is 3. The summed E-state index contributed by atoms with van der Waals surface area (Å²) in [6.07, 6.45) is 1.54. The van der Waals surface area contributed by atoms with Gasteiger partial charge in [0, 0.05) is 24.4 Å². The molecule has 0 aliphatic heterocycles. The van der Waals surface area contributed by atoms with Crippen LogP contribution in [0.25, 0.3) is 11.0 Å². The summed E-state index contributed by atoms with van der Waals surface area (Å²) in [5, 5.41) is 2.72. The lowest BCUT2D eigenvalue weighted by atomic mass is 10.2. The third-order valence-corrected chi connectivity index (χ3v) is 4.01. The average molecular weight is 395 g/mol. The number of rotatable bonds is 6. The molecule has 0 aliphatic rings. The zero-order valence-electron chi connectivity index (χ0n) is 14.9. The minimum absolute atomic E-state index is 0.0163. The fourth-order valence-electron chi connectivity index (χ4n) is 2.76. The van der Waals surface area contributed by atoms with Crippen LogP contribution in [-0.2, 0) is 11.2 Å². The summed E-state index contributed by atoms with van der Waals surface area (Å²) < 4.78 is 32.9. The number of halogens is 2. The lowest BCUT2D eigenvalue weighted by Crippen LogP contribution is -2.14. The summed E-state index contributed by atoms with van der Waals surface area (Å²) in [6, 6.07) is 11.5. The first-order valence-corrected chi connectivity index (χ1v) is 8.59. The molecule has 0 fully saturated rings. The van der Waals surface area contributed by atoms with E-state index in [9.17, 15) is 13.6 Å². The van der Waals surface area contributed by atoms with Crippen molar-refractivity contribution >= 4 is 28.6 Å². The fraction of sp³-hybridized carbons (Fsp3) is 0.0500. The predicted molar refractivity (Wildman–Crippen MR) is 103 cm³/mol. The Kier molecular flexibility index (Phi) is 4.78. The first kappa shape index (κ1) is 18.4. The Morgan fingerprint density at radius 2 is 1.93 bits per heavy atom. The molecule has 2 heterocycles. The van der Waals surface area contributed by atoms with Crippen LogP contribution in [-0.4, -0.2) is 20.9 Å². The molecule has 4 N–H and O–H groups in total. The third kappa shape index (κ3) is 4.29. The molecular formula is C20H15F2N5O2. The monoisotopic (exact) mass is 395 g/mol. The normalized spacial score (nSPS) is 10.8. The first-order valence-electron chi connectivity index (χ1n) is 8.59. The molecule has 4 rings (SSSR count). The number of pyridine rings is 1. The van der Waals surface area contributed by atoms with Gasteiger partial charge in [-0.15, -0.1) is 0 Å². The number of ether oxygens (including phenoxy) is 1. The number of primary amides is 1. The van der Waals surface area contributed by atoms with Crippen molar-refractivity contribution < 1.29 is 18.3 Å². The zero-order chi connectivity index (χ0) is 20.4. The Bertz CT molecular complexity index is 1210. The lowest BCUT2D eigenvalue weighted by Gasteiger charge is -2.06. The number of aromatic amines is 1. The topological polar surface area (TPSA) is 106 Å². The Labute approximate surface area is 163 Å². The van der Waals surface area contributed by atoms with Crippen molar-refractivity contribution in [3.05, 3.63) is 72.1 Å². The molecule has 2 aromatic carbocycles. The van der Waals surface area contributed by atoms with E-state index in [1.54, 1.807) is 30.3 Å². The number of imidazole rings is 1. The maximum Gasteiger partial charge on any atom is 0.223 e. The Morgan fingerprint density at radius 1 is 1.10 bits per heavy atom. The molecule has 0 spiro atoms. The van der Waals surface area contributed by atoms with Crippen LogP contribution >= 0.6 is 0 Å². The molecule has 0 saturated heterocycles. The first-order chi connectivity index (χ1) is 14.0. The molecule has 4 aromatic rings. The van der Waals surface area contributed by atoms with Gasteiger partial charge in [0.1, 0.15) is 23.1 Å². The number of carbonyl (C=O) groups excluding carboxylic acids is 1. The molecule has 9 heteroatoms. The summed E-state index contributed by atoms with van der Waals surface area (Å²) >= 11 is 0. The highest BCUT2D eigenvalue weighted by Crippen LogP contribution is 2.27. The van der Waals surface area contributed by atoms with Gasteiger partial charge in [-0.3, -0.25) is 9.78 Å². The summed E-state index contributed by atoms with van der Waals surface area (Å²) in [6.45, 7) is 0. The fourth-order valence-corrected chi connectivity index (χ4v) is 2.76. The summed E-state index contributed by atoms with van der Waals surface area (Å²) in [5.74, 6) is -0.372. The quantitative estimate of drug-likeness (QED) is 0.460. The maximum absolute atomic E-state index is 13.8. The van der Waals surface area contributed by atoms with Gasteiger partial charge in [-0.25, -0.2) is 13.8 Å². The second-order valence-electron chi connectivity index (χ2n) is 6.24. The number of carbonyl (C=O) groups is 1. The molecular weight excluding hydrogens is 380 g/mol. The molecule has 0 unspecified atom stereocenters. The second-order valence-corrected chi connectivity index (χ2v) is 6.24. The molecule has 146 valence electrons. The van der Waals surface area contributed by atoms with E-state index < -0.39 is 17.5 Å². The van der Waals surface area contributed by atoms with Gasteiger partial charge in [0.15, 0.2) is 0 Å². The highest BCUT2D eigenvalue weighted by atomic mass is 19.1. The second kappa shape index (κ2) is 7.55. The van der Waals surface area contributed by atoms with E-state index in [1.165, 1.54) is 6.20 Å². The van der Waals surface area contributed by atoms with Crippen molar-refractivity contribution in [3.8, 4) is 11.5 Å². The number of benzene rings is 2. The van der Waals surface area contributed by atoms with Gasteiger partial charge in [0.05, 0.1) is 28.8 Å². The number of nitrogens with one attached hydrogen (secondary N) is 2. The Balaban J connectivity index is 1.55. The van der Waals surface area contributed by atoms with Crippen LogP contribution in [0.3, 0.4) is 0 Å². The third-order valence-electron chi connectivity index (χ3n) is 4.01. The van der Waals surface area contributed by atoms with Crippen LogP contribution in [0.15, 0.2) is 54.7 Å².